The molecular weight excluding hydrogens is 322 g/mol. The van der Waals surface area contributed by atoms with Gasteiger partial charge in [0, 0.05) is 12.4 Å². The van der Waals surface area contributed by atoms with E-state index in [9.17, 15) is 4.79 Å². The lowest BCUT2D eigenvalue weighted by Gasteiger charge is -2.25. The topological polar surface area (TPSA) is 68.0 Å². The lowest BCUT2D eigenvalue weighted by Crippen LogP contribution is -2.42. The van der Waals surface area contributed by atoms with Crippen LogP contribution in [0.5, 0.6) is 0 Å². The number of carbonyl (C=O) groups is 1. The molecule has 0 spiro atoms. The summed E-state index contributed by atoms with van der Waals surface area (Å²) in [7, 11) is 0. The van der Waals surface area contributed by atoms with E-state index in [1.807, 2.05) is 37.4 Å². The zero-order chi connectivity index (χ0) is 18.4. The fourth-order valence-electron chi connectivity index (χ4n) is 3.81. The Morgan fingerprint density at radius 2 is 1.96 bits per heavy atom. The van der Waals surface area contributed by atoms with E-state index in [0.717, 1.165) is 23.1 Å². The summed E-state index contributed by atoms with van der Waals surface area (Å²) < 4.78 is 0. The van der Waals surface area contributed by atoms with Crippen LogP contribution in [-0.2, 0) is 4.79 Å². The summed E-state index contributed by atoms with van der Waals surface area (Å²) in [6, 6.07) is 11.7. The number of nitrogens with one attached hydrogen (secondary N) is 1. The van der Waals surface area contributed by atoms with Crippen LogP contribution in [0.1, 0.15) is 57.1 Å². The molecule has 4 heteroatoms. The van der Waals surface area contributed by atoms with Gasteiger partial charge in [-0.2, -0.15) is 0 Å². The molecule has 1 saturated carbocycles. The maximum Gasteiger partial charge on any atom is 0.237 e. The van der Waals surface area contributed by atoms with Crippen LogP contribution in [0.25, 0.3) is 11.1 Å². The van der Waals surface area contributed by atoms with Crippen LogP contribution in [-0.4, -0.2) is 16.9 Å². The van der Waals surface area contributed by atoms with Gasteiger partial charge in [-0.25, -0.2) is 0 Å². The molecule has 3 rings (SSSR count). The van der Waals surface area contributed by atoms with E-state index in [1.54, 1.807) is 6.20 Å². The lowest BCUT2D eigenvalue weighted by molar-refractivity contribution is -0.123. The molecule has 0 saturated heterocycles. The average molecular weight is 351 g/mol. The predicted molar refractivity (Wildman–Crippen MR) is 105 cm³/mol. The van der Waals surface area contributed by atoms with Crippen molar-refractivity contribution in [2.45, 2.75) is 57.5 Å². The van der Waals surface area contributed by atoms with Crippen molar-refractivity contribution in [1.29, 1.82) is 0 Å². The number of nitrogens with zero attached hydrogens (tertiary/aromatic N) is 1. The van der Waals surface area contributed by atoms with E-state index < -0.39 is 6.04 Å². The summed E-state index contributed by atoms with van der Waals surface area (Å²) in [6.45, 7) is 2.01. The standard InChI is InChI=1S/C22H29N3O/c1-16(25-22(26)21(23)13-17-7-3-2-4-8-17)18-9-5-10-19(14-18)20-11-6-12-24-15-20/h5-6,9-12,14-17,21H,2-4,7-8,13,23H2,1H3,(H,25,26). The van der Waals surface area contributed by atoms with Gasteiger partial charge in [0.25, 0.3) is 0 Å². The Labute approximate surface area is 156 Å². The summed E-state index contributed by atoms with van der Waals surface area (Å²) in [5.74, 6) is 0.559. The summed E-state index contributed by atoms with van der Waals surface area (Å²) in [4.78, 5) is 16.7. The van der Waals surface area contributed by atoms with Crippen molar-refractivity contribution in [2.24, 2.45) is 11.7 Å². The van der Waals surface area contributed by atoms with Gasteiger partial charge in [-0.1, -0.05) is 56.4 Å². The highest BCUT2D eigenvalue weighted by Gasteiger charge is 2.22. The third kappa shape index (κ3) is 4.92. The second-order valence-electron chi connectivity index (χ2n) is 7.44. The van der Waals surface area contributed by atoms with Gasteiger partial charge >= 0.3 is 0 Å². The zero-order valence-electron chi connectivity index (χ0n) is 15.5. The highest BCUT2D eigenvalue weighted by Crippen LogP contribution is 2.27. The number of nitrogens with two attached hydrogens (primary N) is 1. The molecule has 1 aromatic heterocycles. The molecule has 1 fully saturated rings. The summed E-state index contributed by atoms with van der Waals surface area (Å²) in [5, 5.41) is 3.08. The molecule has 0 bridgehead atoms. The minimum absolute atomic E-state index is 0.0464. The molecule has 2 atom stereocenters. The van der Waals surface area contributed by atoms with E-state index >= 15 is 0 Å². The highest BCUT2D eigenvalue weighted by atomic mass is 16.2. The number of amides is 1. The molecule has 4 nitrogen and oxygen atoms in total. The van der Waals surface area contributed by atoms with Crippen molar-refractivity contribution < 1.29 is 4.79 Å². The number of aromatic nitrogens is 1. The monoisotopic (exact) mass is 351 g/mol. The molecule has 2 unspecified atom stereocenters. The van der Waals surface area contributed by atoms with Gasteiger partial charge in [0.05, 0.1) is 12.1 Å². The molecule has 1 aliphatic rings. The number of benzene rings is 1. The first-order valence-electron chi connectivity index (χ1n) is 9.70. The van der Waals surface area contributed by atoms with Crippen molar-refractivity contribution in [3.05, 3.63) is 54.4 Å². The first-order chi connectivity index (χ1) is 12.6. The normalized spacial score (nSPS) is 17.5. The Bertz CT molecular complexity index is 710. The van der Waals surface area contributed by atoms with Crippen molar-refractivity contribution in [2.75, 3.05) is 0 Å². The predicted octanol–water partition coefficient (Wildman–Crippen LogP) is 4.22. The Balaban J connectivity index is 1.60. The van der Waals surface area contributed by atoms with Gasteiger partial charge < -0.3 is 11.1 Å². The average Bonchev–Trinajstić information content (AvgIpc) is 2.69. The smallest absolute Gasteiger partial charge is 0.237 e. The van der Waals surface area contributed by atoms with Crippen LogP contribution in [0.15, 0.2) is 48.8 Å². The second kappa shape index (κ2) is 8.95. The van der Waals surface area contributed by atoms with Gasteiger partial charge in [0.15, 0.2) is 0 Å². The number of pyridine rings is 1. The van der Waals surface area contributed by atoms with E-state index in [1.165, 1.54) is 32.1 Å². The largest absolute Gasteiger partial charge is 0.348 e. The number of rotatable bonds is 6. The molecule has 26 heavy (non-hydrogen) atoms. The van der Waals surface area contributed by atoms with Gasteiger partial charge in [-0.15, -0.1) is 0 Å². The zero-order valence-corrected chi connectivity index (χ0v) is 15.5. The van der Waals surface area contributed by atoms with Crippen LogP contribution in [0, 0.1) is 5.92 Å². The van der Waals surface area contributed by atoms with E-state index in [2.05, 4.69) is 22.4 Å². The number of carbonyl (C=O) groups excluding carboxylic acids is 1. The number of hydrogen-bond donors (Lipinski definition) is 2. The summed E-state index contributed by atoms with van der Waals surface area (Å²) in [5.41, 5.74) is 9.42. The maximum absolute atomic E-state index is 12.5. The second-order valence-corrected chi connectivity index (χ2v) is 7.44. The van der Waals surface area contributed by atoms with Gasteiger partial charge in [0.2, 0.25) is 5.91 Å². The molecule has 3 N–H and O–H groups in total. The molecule has 138 valence electrons. The molecule has 2 aromatic rings. The van der Waals surface area contributed by atoms with Crippen LogP contribution in [0.4, 0.5) is 0 Å². The molecule has 1 amide bonds. The summed E-state index contributed by atoms with van der Waals surface area (Å²) >= 11 is 0. The lowest BCUT2D eigenvalue weighted by atomic mass is 9.85. The van der Waals surface area contributed by atoms with E-state index in [0.29, 0.717) is 5.92 Å². The third-order valence-corrected chi connectivity index (χ3v) is 5.39. The molecule has 0 aliphatic heterocycles. The molecule has 0 radical (unpaired) electrons. The first kappa shape index (κ1) is 18.6. The van der Waals surface area contributed by atoms with Crippen molar-refractivity contribution in [3.8, 4) is 11.1 Å². The highest BCUT2D eigenvalue weighted by molar-refractivity contribution is 5.82. The van der Waals surface area contributed by atoms with Crippen LogP contribution in [0.2, 0.25) is 0 Å². The Morgan fingerprint density at radius 1 is 1.19 bits per heavy atom. The Hall–Kier alpha value is -2.20. The Kier molecular flexibility index (Phi) is 6.40. The Morgan fingerprint density at radius 3 is 2.69 bits per heavy atom. The fourth-order valence-corrected chi connectivity index (χ4v) is 3.81. The minimum atomic E-state index is -0.415. The van der Waals surface area contributed by atoms with Crippen molar-refractivity contribution >= 4 is 5.91 Å². The molecule has 1 aromatic carbocycles. The van der Waals surface area contributed by atoms with E-state index in [-0.39, 0.29) is 11.9 Å². The maximum atomic E-state index is 12.5. The van der Waals surface area contributed by atoms with Crippen LogP contribution in [0.3, 0.4) is 0 Å². The SMILES string of the molecule is CC(NC(=O)C(N)CC1CCCCC1)c1cccc(-c2cccnc2)c1. The minimum Gasteiger partial charge on any atom is -0.348 e. The number of hydrogen-bond acceptors (Lipinski definition) is 3. The van der Waals surface area contributed by atoms with Crippen molar-refractivity contribution in [1.82, 2.24) is 10.3 Å². The fraction of sp³-hybridized carbons (Fsp3) is 0.455. The first-order valence-corrected chi connectivity index (χ1v) is 9.70. The van der Waals surface area contributed by atoms with Gasteiger partial charge in [-0.05, 0) is 48.1 Å². The van der Waals surface area contributed by atoms with E-state index in [4.69, 9.17) is 5.73 Å². The molecular formula is C22H29N3O. The molecule has 1 heterocycles. The third-order valence-electron chi connectivity index (χ3n) is 5.39. The van der Waals surface area contributed by atoms with Crippen LogP contribution < -0.4 is 11.1 Å². The summed E-state index contributed by atoms with van der Waals surface area (Å²) in [6.07, 6.45) is 10.7. The molecule has 1 aliphatic carbocycles. The van der Waals surface area contributed by atoms with Crippen molar-refractivity contribution in [3.63, 3.8) is 0 Å². The van der Waals surface area contributed by atoms with Gasteiger partial charge in [0.1, 0.15) is 0 Å². The quantitative estimate of drug-likeness (QED) is 0.818. The van der Waals surface area contributed by atoms with Crippen LogP contribution >= 0.6 is 0 Å². The van der Waals surface area contributed by atoms with Gasteiger partial charge in [-0.3, -0.25) is 9.78 Å².